The Morgan fingerprint density at radius 1 is 1.20 bits per heavy atom. The van der Waals surface area contributed by atoms with Gasteiger partial charge in [0.15, 0.2) is 0 Å². The second kappa shape index (κ2) is 8.39. The Hall–Kier alpha value is -3.36. The molecule has 3 heterocycles. The molecule has 35 heavy (non-hydrogen) atoms. The maximum Gasteiger partial charge on any atom is 0.259 e. The SMILES string of the molecule is Cc1ccc(F)c(NC(=O)c2cc3nc(Nc4c(Cl)cncc4Cl)n(C)c3c3c2OC(C)(C)C3)c1. The highest BCUT2D eigenvalue weighted by Crippen LogP contribution is 2.43. The number of carbonyl (C=O) groups is 1. The lowest BCUT2D eigenvalue weighted by atomic mass is 9.98. The van der Waals surface area contributed by atoms with Crippen LogP contribution in [0.5, 0.6) is 5.75 Å². The zero-order valence-corrected chi connectivity index (χ0v) is 21.0. The molecule has 0 spiro atoms. The molecule has 2 aromatic heterocycles. The van der Waals surface area contributed by atoms with Gasteiger partial charge in [-0.1, -0.05) is 29.3 Å². The second-order valence-corrected chi connectivity index (χ2v) is 9.99. The lowest BCUT2D eigenvalue weighted by Gasteiger charge is -2.18. The van der Waals surface area contributed by atoms with Crippen LogP contribution in [-0.2, 0) is 13.5 Å². The van der Waals surface area contributed by atoms with Gasteiger partial charge < -0.3 is 19.9 Å². The van der Waals surface area contributed by atoms with E-state index in [1.54, 1.807) is 18.2 Å². The van der Waals surface area contributed by atoms with Crippen LogP contribution in [0, 0.1) is 12.7 Å². The molecule has 0 radical (unpaired) electrons. The number of fused-ring (bicyclic) bond motifs is 3. The number of hydrogen-bond donors (Lipinski definition) is 2. The molecular weight excluding hydrogens is 492 g/mol. The molecule has 7 nitrogen and oxygen atoms in total. The summed E-state index contributed by atoms with van der Waals surface area (Å²) in [5, 5.41) is 6.54. The predicted molar refractivity (Wildman–Crippen MR) is 136 cm³/mol. The van der Waals surface area contributed by atoms with Crippen molar-refractivity contribution in [2.45, 2.75) is 32.8 Å². The lowest BCUT2D eigenvalue weighted by molar-refractivity contribution is 0.101. The largest absolute Gasteiger partial charge is 0.486 e. The van der Waals surface area contributed by atoms with Gasteiger partial charge in [0.1, 0.15) is 17.2 Å². The number of hydrogen-bond acceptors (Lipinski definition) is 5. The molecule has 0 bridgehead atoms. The maximum atomic E-state index is 14.3. The smallest absolute Gasteiger partial charge is 0.259 e. The summed E-state index contributed by atoms with van der Waals surface area (Å²) in [5.74, 6) is -0.0594. The number of rotatable bonds is 4. The molecule has 1 aliphatic rings. The third kappa shape index (κ3) is 4.17. The van der Waals surface area contributed by atoms with Crippen molar-refractivity contribution in [1.29, 1.82) is 0 Å². The third-order valence-electron chi connectivity index (χ3n) is 5.89. The summed E-state index contributed by atoms with van der Waals surface area (Å²) in [4.78, 5) is 22.0. The summed E-state index contributed by atoms with van der Waals surface area (Å²) in [6.45, 7) is 5.73. The van der Waals surface area contributed by atoms with E-state index in [2.05, 4.69) is 15.6 Å². The monoisotopic (exact) mass is 513 g/mol. The van der Waals surface area contributed by atoms with Crippen molar-refractivity contribution < 1.29 is 13.9 Å². The lowest BCUT2D eigenvalue weighted by Crippen LogP contribution is -2.25. The van der Waals surface area contributed by atoms with E-state index in [4.69, 9.17) is 32.9 Å². The molecular formula is C25H22Cl2FN5O2. The number of aryl methyl sites for hydroxylation is 2. The van der Waals surface area contributed by atoms with Crippen LogP contribution in [0.2, 0.25) is 10.0 Å². The molecule has 1 aliphatic heterocycles. The van der Waals surface area contributed by atoms with Crippen molar-refractivity contribution in [2.75, 3.05) is 10.6 Å². The molecule has 4 aromatic rings. The Labute approximate surface area is 211 Å². The second-order valence-electron chi connectivity index (χ2n) is 9.17. The number of halogens is 3. The highest BCUT2D eigenvalue weighted by atomic mass is 35.5. The van der Waals surface area contributed by atoms with Crippen LogP contribution >= 0.6 is 23.2 Å². The number of nitrogens with one attached hydrogen (secondary N) is 2. The highest BCUT2D eigenvalue weighted by molar-refractivity contribution is 6.39. The van der Waals surface area contributed by atoms with Gasteiger partial charge in [0.2, 0.25) is 5.95 Å². The Bertz CT molecular complexity index is 1500. The van der Waals surface area contributed by atoms with E-state index in [9.17, 15) is 9.18 Å². The average Bonchev–Trinajstić information content (AvgIpc) is 3.27. The number of benzene rings is 2. The molecule has 5 rings (SSSR count). The van der Waals surface area contributed by atoms with Crippen LogP contribution in [0.25, 0.3) is 11.0 Å². The zero-order chi connectivity index (χ0) is 25.1. The van der Waals surface area contributed by atoms with E-state index >= 15 is 0 Å². The van der Waals surface area contributed by atoms with E-state index in [-0.39, 0.29) is 11.3 Å². The summed E-state index contributed by atoms with van der Waals surface area (Å²) >= 11 is 12.6. The number of anilines is 3. The standard InChI is InChI=1S/C25H22Cl2FN5O2/c1-12-5-6-17(28)18(7-12)30-23(34)13-8-19-21(14-9-25(2,3)35-22(13)14)33(4)24(31-19)32-20-15(26)10-29-11-16(20)27/h5-8,10-11H,9H2,1-4H3,(H,30,34)(H,29,31,32). The van der Waals surface area contributed by atoms with Gasteiger partial charge in [0.05, 0.1) is 38.0 Å². The third-order valence-corrected chi connectivity index (χ3v) is 6.47. The number of imidazole rings is 1. The number of pyridine rings is 1. The topological polar surface area (TPSA) is 81.1 Å². The van der Waals surface area contributed by atoms with Crippen molar-refractivity contribution >= 4 is 57.5 Å². The van der Waals surface area contributed by atoms with Crippen molar-refractivity contribution in [3.8, 4) is 5.75 Å². The van der Waals surface area contributed by atoms with Crippen LogP contribution in [-0.4, -0.2) is 26.0 Å². The Morgan fingerprint density at radius 2 is 1.91 bits per heavy atom. The molecule has 180 valence electrons. The summed E-state index contributed by atoms with van der Waals surface area (Å²) in [7, 11) is 1.86. The van der Waals surface area contributed by atoms with Gasteiger partial charge in [0.25, 0.3) is 5.91 Å². The number of ether oxygens (including phenoxy) is 1. The predicted octanol–water partition coefficient (Wildman–Crippen LogP) is 6.43. The van der Waals surface area contributed by atoms with E-state index in [0.29, 0.717) is 39.4 Å². The molecule has 0 aliphatic carbocycles. The molecule has 2 N–H and O–H groups in total. The highest BCUT2D eigenvalue weighted by Gasteiger charge is 2.37. The van der Waals surface area contributed by atoms with Gasteiger partial charge in [-0.2, -0.15) is 0 Å². The fourth-order valence-corrected chi connectivity index (χ4v) is 4.78. The maximum absolute atomic E-state index is 14.3. The average molecular weight is 514 g/mol. The fraction of sp³-hybridized carbons (Fsp3) is 0.240. The quantitative estimate of drug-likeness (QED) is 0.328. The molecule has 0 saturated carbocycles. The Balaban J connectivity index is 1.62. The molecule has 1 amide bonds. The zero-order valence-electron chi connectivity index (χ0n) is 19.5. The molecule has 2 aromatic carbocycles. The normalized spacial score (nSPS) is 14.0. The van der Waals surface area contributed by atoms with Crippen molar-refractivity contribution in [3.05, 3.63) is 69.2 Å². The molecule has 0 fully saturated rings. The van der Waals surface area contributed by atoms with Crippen LogP contribution in [0.1, 0.15) is 35.3 Å². The molecule has 10 heteroatoms. The number of aromatic nitrogens is 3. The summed E-state index contributed by atoms with van der Waals surface area (Å²) in [6.07, 6.45) is 3.53. The summed E-state index contributed by atoms with van der Waals surface area (Å²) < 4.78 is 22.4. The molecule has 0 saturated heterocycles. The van der Waals surface area contributed by atoms with Crippen molar-refractivity contribution in [3.63, 3.8) is 0 Å². The molecule has 0 unspecified atom stereocenters. The Kier molecular flexibility index (Phi) is 5.61. The fourth-order valence-electron chi connectivity index (χ4n) is 4.32. The van der Waals surface area contributed by atoms with E-state index in [1.165, 1.54) is 18.5 Å². The van der Waals surface area contributed by atoms with Gasteiger partial charge >= 0.3 is 0 Å². The van der Waals surface area contributed by atoms with Gasteiger partial charge in [-0.25, -0.2) is 9.37 Å². The molecule has 0 atom stereocenters. The van der Waals surface area contributed by atoms with Crippen molar-refractivity contribution in [1.82, 2.24) is 14.5 Å². The number of nitrogens with zero attached hydrogens (tertiary/aromatic N) is 3. The summed E-state index contributed by atoms with van der Waals surface area (Å²) in [5.41, 5.74) is 3.39. The van der Waals surface area contributed by atoms with E-state index in [1.807, 2.05) is 32.4 Å². The summed E-state index contributed by atoms with van der Waals surface area (Å²) in [6, 6.07) is 6.20. The minimum atomic E-state index is -0.532. The van der Waals surface area contributed by atoms with Gasteiger partial charge in [-0.3, -0.25) is 9.78 Å². The number of carbonyl (C=O) groups excluding carboxylic acids is 1. The first-order valence-electron chi connectivity index (χ1n) is 10.9. The van der Waals surface area contributed by atoms with E-state index in [0.717, 1.165) is 16.6 Å². The van der Waals surface area contributed by atoms with E-state index < -0.39 is 17.3 Å². The van der Waals surface area contributed by atoms with Crippen LogP contribution in [0.4, 0.5) is 21.7 Å². The van der Waals surface area contributed by atoms with Crippen molar-refractivity contribution in [2.24, 2.45) is 7.05 Å². The van der Waals surface area contributed by atoms with Gasteiger partial charge in [-0.05, 0) is 44.5 Å². The van der Waals surface area contributed by atoms with Crippen LogP contribution < -0.4 is 15.4 Å². The Morgan fingerprint density at radius 3 is 2.63 bits per heavy atom. The minimum Gasteiger partial charge on any atom is -0.486 e. The first-order valence-corrected chi connectivity index (χ1v) is 11.6. The van der Waals surface area contributed by atoms with Crippen LogP contribution in [0.3, 0.4) is 0 Å². The number of amides is 1. The van der Waals surface area contributed by atoms with Gasteiger partial charge in [-0.15, -0.1) is 0 Å². The van der Waals surface area contributed by atoms with Crippen LogP contribution in [0.15, 0.2) is 36.7 Å². The first-order chi connectivity index (χ1) is 16.5. The van der Waals surface area contributed by atoms with Gasteiger partial charge in [0, 0.05) is 31.4 Å². The minimum absolute atomic E-state index is 0.103. The first kappa shape index (κ1) is 23.4.